The van der Waals surface area contributed by atoms with Crippen LogP contribution in [0.4, 0.5) is 0 Å². The van der Waals surface area contributed by atoms with E-state index in [2.05, 4.69) is 13.8 Å². The molecule has 0 bridgehead atoms. The van der Waals surface area contributed by atoms with E-state index in [1.807, 2.05) is 0 Å². The molecule has 80 valence electrons. The summed E-state index contributed by atoms with van der Waals surface area (Å²) in [6, 6.07) is 0. The van der Waals surface area contributed by atoms with E-state index in [0.29, 0.717) is 13.1 Å². The quantitative estimate of drug-likeness (QED) is 0.639. The van der Waals surface area contributed by atoms with Gasteiger partial charge in [-0.2, -0.15) is 0 Å². The third-order valence-corrected chi connectivity index (χ3v) is 3.29. The molecule has 3 nitrogen and oxygen atoms in total. The van der Waals surface area contributed by atoms with Gasteiger partial charge in [0.15, 0.2) is 0 Å². The summed E-state index contributed by atoms with van der Waals surface area (Å²) in [6.45, 7) is 5.49. The number of rotatable bonds is 7. The van der Waals surface area contributed by atoms with Gasteiger partial charge in [-0.1, -0.05) is 26.7 Å². The molecule has 0 aliphatic carbocycles. The molecule has 0 aromatic carbocycles. The molecule has 0 saturated carbocycles. The third kappa shape index (κ3) is 6.05. The van der Waals surface area contributed by atoms with Crippen LogP contribution in [0.15, 0.2) is 0 Å². The van der Waals surface area contributed by atoms with E-state index in [1.165, 1.54) is 6.26 Å². The van der Waals surface area contributed by atoms with Crippen LogP contribution >= 0.6 is 0 Å². The summed E-state index contributed by atoms with van der Waals surface area (Å²) in [4.78, 5) is 0. The summed E-state index contributed by atoms with van der Waals surface area (Å²) < 4.78 is 24.1. The second-order valence-electron chi connectivity index (χ2n) is 3.37. The van der Waals surface area contributed by atoms with Crippen LogP contribution in [-0.2, 0) is 10.0 Å². The second-order valence-corrected chi connectivity index (χ2v) is 5.35. The number of nitrogens with zero attached hydrogens (tertiary/aromatic N) is 1. The molecule has 13 heavy (non-hydrogen) atoms. The van der Waals surface area contributed by atoms with Gasteiger partial charge in [-0.05, 0) is 12.8 Å². The van der Waals surface area contributed by atoms with Crippen LogP contribution < -0.4 is 0 Å². The lowest BCUT2D eigenvalue weighted by molar-refractivity contribution is 0.398. The van der Waals surface area contributed by atoms with Crippen molar-refractivity contribution in [3.05, 3.63) is 0 Å². The van der Waals surface area contributed by atoms with Crippen LogP contribution in [0, 0.1) is 0 Å². The highest BCUT2D eigenvalue weighted by Gasteiger charge is 2.14. The van der Waals surface area contributed by atoms with E-state index in [9.17, 15) is 8.42 Å². The first-order valence-electron chi connectivity index (χ1n) is 4.97. The minimum atomic E-state index is -2.98. The molecule has 0 spiro atoms. The fraction of sp³-hybridized carbons (Fsp3) is 1.00. The van der Waals surface area contributed by atoms with Gasteiger partial charge in [0, 0.05) is 13.1 Å². The molecule has 0 rings (SSSR count). The molecule has 0 fully saturated rings. The third-order valence-electron chi connectivity index (χ3n) is 1.99. The number of unbranched alkanes of at least 4 members (excludes halogenated alkanes) is 2. The van der Waals surface area contributed by atoms with E-state index >= 15 is 0 Å². The molecule has 0 aromatic rings. The Kier molecular flexibility index (Phi) is 6.33. The Morgan fingerprint density at radius 2 is 1.38 bits per heavy atom. The first kappa shape index (κ1) is 12.9. The van der Waals surface area contributed by atoms with Crippen LogP contribution in [0.2, 0.25) is 0 Å². The van der Waals surface area contributed by atoms with Gasteiger partial charge in [-0.15, -0.1) is 0 Å². The Bertz CT molecular complexity index is 204. The molecule has 4 heteroatoms. The van der Waals surface area contributed by atoms with Crippen molar-refractivity contribution in [1.29, 1.82) is 0 Å². The van der Waals surface area contributed by atoms with E-state index in [0.717, 1.165) is 25.7 Å². The lowest BCUT2D eigenvalue weighted by Crippen LogP contribution is -2.31. The van der Waals surface area contributed by atoms with Crippen LogP contribution in [0.1, 0.15) is 39.5 Å². The highest BCUT2D eigenvalue weighted by atomic mass is 32.2. The van der Waals surface area contributed by atoms with Crippen molar-refractivity contribution in [3.8, 4) is 0 Å². The van der Waals surface area contributed by atoms with E-state index in [4.69, 9.17) is 0 Å². The normalized spacial score (nSPS) is 12.3. The number of sulfonamides is 1. The topological polar surface area (TPSA) is 37.4 Å². The summed E-state index contributed by atoms with van der Waals surface area (Å²) in [7, 11) is -2.98. The minimum Gasteiger partial charge on any atom is -0.213 e. The van der Waals surface area contributed by atoms with Crippen molar-refractivity contribution in [1.82, 2.24) is 4.31 Å². The molecular weight excluding hydrogens is 186 g/mol. The monoisotopic (exact) mass is 207 g/mol. The van der Waals surface area contributed by atoms with Crippen molar-refractivity contribution >= 4 is 10.0 Å². The van der Waals surface area contributed by atoms with Gasteiger partial charge in [-0.25, -0.2) is 12.7 Å². The van der Waals surface area contributed by atoms with Gasteiger partial charge < -0.3 is 0 Å². The Morgan fingerprint density at radius 3 is 1.62 bits per heavy atom. The van der Waals surface area contributed by atoms with Crippen molar-refractivity contribution in [2.75, 3.05) is 19.3 Å². The molecule has 0 atom stereocenters. The van der Waals surface area contributed by atoms with E-state index in [1.54, 1.807) is 4.31 Å². The number of hydrogen-bond acceptors (Lipinski definition) is 2. The fourth-order valence-corrected chi connectivity index (χ4v) is 2.03. The molecule has 0 radical (unpaired) electrons. The van der Waals surface area contributed by atoms with Gasteiger partial charge in [0.25, 0.3) is 0 Å². The van der Waals surface area contributed by atoms with Crippen molar-refractivity contribution < 1.29 is 8.42 Å². The SMILES string of the molecule is CCCCN(CCCC)S(C)(=O)=O. The van der Waals surface area contributed by atoms with Gasteiger partial charge in [0.1, 0.15) is 0 Å². The smallest absolute Gasteiger partial charge is 0.211 e. The van der Waals surface area contributed by atoms with Gasteiger partial charge >= 0.3 is 0 Å². The van der Waals surface area contributed by atoms with Crippen molar-refractivity contribution in [2.24, 2.45) is 0 Å². The summed E-state index contributed by atoms with van der Waals surface area (Å²) in [5.74, 6) is 0. The Balaban J connectivity index is 4.04. The molecule has 0 amide bonds. The highest BCUT2D eigenvalue weighted by molar-refractivity contribution is 7.88. The van der Waals surface area contributed by atoms with Gasteiger partial charge in [-0.3, -0.25) is 0 Å². The summed E-state index contributed by atoms with van der Waals surface area (Å²) in [5.41, 5.74) is 0. The van der Waals surface area contributed by atoms with Crippen LogP contribution in [0.3, 0.4) is 0 Å². The zero-order valence-corrected chi connectivity index (χ0v) is 9.73. The maximum Gasteiger partial charge on any atom is 0.211 e. The van der Waals surface area contributed by atoms with Crippen LogP contribution in [0.5, 0.6) is 0 Å². The average Bonchev–Trinajstić information content (AvgIpc) is 2.02. The Morgan fingerprint density at radius 1 is 1.00 bits per heavy atom. The number of hydrogen-bond donors (Lipinski definition) is 0. The zero-order chi connectivity index (χ0) is 10.3. The van der Waals surface area contributed by atoms with Crippen molar-refractivity contribution in [3.63, 3.8) is 0 Å². The molecule has 0 saturated heterocycles. The van der Waals surface area contributed by atoms with Gasteiger partial charge in [0.05, 0.1) is 6.26 Å². The molecule has 0 N–H and O–H groups in total. The lowest BCUT2D eigenvalue weighted by Gasteiger charge is -2.18. The molecular formula is C9H21NO2S. The average molecular weight is 207 g/mol. The largest absolute Gasteiger partial charge is 0.213 e. The maximum absolute atomic E-state index is 11.3. The van der Waals surface area contributed by atoms with E-state index in [-0.39, 0.29) is 0 Å². The zero-order valence-electron chi connectivity index (χ0n) is 8.91. The minimum absolute atomic E-state index is 0.676. The molecule has 0 aromatic heterocycles. The fourth-order valence-electron chi connectivity index (χ4n) is 1.11. The Hall–Kier alpha value is -0.0900. The first-order valence-corrected chi connectivity index (χ1v) is 6.82. The molecule has 0 aliphatic heterocycles. The van der Waals surface area contributed by atoms with Crippen LogP contribution in [0.25, 0.3) is 0 Å². The summed E-state index contributed by atoms with van der Waals surface area (Å²) in [5, 5.41) is 0. The summed E-state index contributed by atoms with van der Waals surface area (Å²) >= 11 is 0. The van der Waals surface area contributed by atoms with Crippen molar-refractivity contribution in [2.45, 2.75) is 39.5 Å². The summed E-state index contributed by atoms with van der Waals surface area (Å²) in [6.07, 6.45) is 5.28. The predicted octanol–water partition coefficient (Wildman–Crippen LogP) is 1.85. The van der Waals surface area contributed by atoms with Crippen LogP contribution in [-0.4, -0.2) is 32.1 Å². The highest BCUT2D eigenvalue weighted by Crippen LogP contribution is 2.03. The molecule has 0 unspecified atom stereocenters. The molecule has 0 heterocycles. The second kappa shape index (κ2) is 6.38. The van der Waals surface area contributed by atoms with E-state index < -0.39 is 10.0 Å². The van der Waals surface area contributed by atoms with Gasteiger partial charge in [0.2, 0.25) is 10.0 Å². The first-order chi connectivity index (χ1) is 6.02. The molecule has 0 aliphatic rings. The standard InChI is InChI=1S/C9H21NO2S/c1-4-6-8-10(9-7-5-2)13(3,11)12/h4-9H2,1-3H3. The lowest BCUT2D eigenvalue weighted by atomic mass is 10.3. The predicted molar refractivity (Wildman–Crippen MR) is 56.2 cm³/mol. The Labute approximate surface area is 82.2 Å². The maximum atomic E-state index is 11.3.